The minimum atomic E-state index is -4.69. The second-order valence-corrected chi connectivity index (χ2v) is 9.09. The van der Waals surface area contributed by atoms with Crippen LogP contribution in [0.3, 0.4) is 0 Å². The van der Waals surface area contributed by atoms with Gasteiger partial charge in [0.25, 0.3) is 0 Å². The number of aromatic carboxylic acids is 1. The van der Waals surface area contributed by atoms with Gasteiger partial charge in [-0.3, -0.25) is 9.48 Å². The van der Waals surface area contributed by atoms with Crippen molar-refractivity contribution in [3.05, 3.63) is 71.3 Å². The van der Waals surface area contributed by atoms with E-state index < -0.39 is 34.8 Å². The Morgan fingerprint density at radius 1 is 1.11 bits per heavy atom. The van der Waals surface area contributed by atoms with Crippen LogP contribution in [0.25, 0.3) is 11.1 Å². The number of rotatable bonds is 6. The summed E-state index contributed by atoms with van der Waals surface area (Å²) in [5.41, 5.74) is -1.30. The Morgan fingerprint density at radius 3 is 2.43 bits per heavy atom. The molecule has 0 unspecified atom stereocenters. The minimum absolute atomic E-state index is 0.0403. The van der Waals surface area contributed by atoms with E-state index in [9.17, 15) is 32.3 Å². The molecule has 182 valence electrons. The maximum Gasteiger partial charge on any atom is 0.416 e. The first kappa shape index (κ1) is 23.1. The number of carbonyl (C=O) groups is 2. The van der Waals surface area contributed by atoms with E-state index >= 15 is 0 Å². The molecule has 2 fully saturated rings. The van der Waals surface area contributed by atoms with Gasteiger partial charge < -0.3 is 10.4 Å². The molecule has 0 aliphatic heterocycles. The number of benzene rings is 2. The highest BCUT2D eigenvalue weighted by atomic mass is 19.4. The fourth-order valence-electron chi connectivity index (χ4n) is 4.45. The maximum atomic E-state index is 14.5. The number of hydrogen-bond donors (Lipinski definition) is 2. The van der Waals surface area contributed by atoms with Gasteiger partial charge in [0.05, 0.1) is 28.8 Å². The zero-order valence-electron chi connectivity index (χ0n) is 18.4. The van der Waals surface area contributed by atoms with E-state index in [2.05, 4.69) is 10.4 Å². The van der Waals surface area contributed by atoms with Crippen molar-refractivity contribution in [2.45, 2.75) is 49.7 Å². The Labute approximate surface area is 197 Å². The van der Waals surface area contributed by atoms with Gasteiger partial charge in [0.15, 0.2) is 0 Å². The highest BCUT2D eigenvalue weighted by molar-refractivity contribution is 6.03. The summed E-state index contributed by atoms with van der Waals surface area (Å²) in [7, 11) is 0. The molecule has 0 bridgehead atoms. The van der Waals surface area contributed by atoms with Crippen LogP contribution >= 0.6 is 0 Å². The van der Waals surface area contributed by atoms with Crippen LogP contribution in [0.1, 0.15) is 59.6 Å². The molecule has 2 saturated carbocycles. The second kappa shape index (κ2) is 8.21. The van der Waals surface area contributed by atoms with Gasteiger partial charge in [-0.05, 0) is 61.9 Å². The van der Waals surface area contributed by atoms with E-state index in [0.717, 1.165) is 31.4 Å². The normalized spacial score (nSPS) is 17.0. The Hall–Kier alpha value is -3.69. The number of halogens is 4. The Bertz CT molecular complexity index is 1320. The average molecular weight is 487 g/mol. The van der Waals surface area contributed by atoms with E-state index in [4.69, 9.17) is 0 Å². The van der Waals surface area contributed by atoms with E-state index in [1.165, 1.54) is 6.07 Å². The van der Waals surface area contributed by atoms with Gasteiger partial charge in [0.2, 0.25) is 5.91 Å². The number of nitrogens with one attached hydrogen (secondary N) is 1. The predicted octanol–water partition coefficient (Wildman–Crippen LogP) is 5.80. The highest BCUT2D eigenvalue weighted by Gasteiger charge is 2.53. The summed E-state index contributed by atoms with van der Waals surface area (Å²) < 4.78 is 55.0. The first-order valence-electron chi connectivity index (χ1n) is 11.2. The van der Waals surface area contributed by atoms with Gasteiger partial charge in [0.1, 0.15) is 5.82 Å². The lowest BCUT2D eigenvalue weighted by Crippen LogP contribution is -2.29. The van der Waals surface area contributed by atoms with Crippen LogP contribution in [0.4, 0.5) is 23.2 Å². The van der Waals surface area contributed by atoms with Crippen molar-refractivity contribution in [3.63, 3.8) is 0 Å². The van der Waals surface area contributed by atoms with E-state index in [1.807, 2.05) is 4.68 Å². The molecule has 10 heteroatoms. The molecule has 2 N–H and O–H groups in total. The largest absolute Gasteiger partial charge is 0.478 e. The predicted molar refractivity (Wildman–Crippen MR) is 118 cm³/mol. The number of aromatic nitrogens is 2. The third-order valence-corrected chi connectivity index (χ3v) is 6.87. The number of carbonyl (C=O) groups excluding carboxylic acids is 1. The molecule has 2 aliphatic carbocycles. The molecule has 0 radical (unpaired) electrons. The molecule has 1 heterocycles. The van der Waals surface area contributed by atoms with Gasteiger partial charge >= 0.3 is 12.1 Å². The molecule has 1 aromatic heterocycles. The number of hydrogen-bond acceptors (Lipinski definition) is 3. The van der Waals surface area contributed by atoms with Gasteiger partial charge in [-0.15, -0.1) is 0 Å². The Balaban J connectivity index is 1.39. The molecule has 0 saturated heterocycles. The van der Waals surface area contributed by atoms with Gasteiger partial charge in [0, 0.05) is 23.0 Å². The summed E-state index contributed by atoms with van der Waals surface area (Å²) in [6, 6.07) is 6.89. The number of carboxylic acid groups (broad SMARTS) is 1. The minimum Gasteiger partial charge on any atom is -0.478 e. The summed E-state index contributed by atoms with van der Waals surface area (Å²) in [6.07, 6.45) is 2.44. The molecule has 0 atom stereocenters. The van der Waals surface area contributed by atoms with Crippen LogP contribution in [0.5, 0.6) is 0 Å². The van der Waals surface area contributed by atoms with Crippen molar-refractivity contribution in [3.8, 4) is 11.1 Å². The second-order valence-electron chi connectivity index (χ2n) is 9.09. The van der Waals surface area contributed by atoms with Crippen molar-refractivity contribution in [2.75, 3.05) is 5.32 Å². The molecule has 1 amide bonds. The number of amides is 1. The van der Waals surface area contributed by atoms with E-state index in [1.54, 1.807) is 24.5 Å². The number of anilines is 1. The molecule has 2 aliphatic rings. The van der Waals surface area contributed by atoms with Gasteiger partial charge in [-0.2, -0.15) is 18.3 Å². The summed E-state index contributed by atoms with van der Waals surface area (Å²) in [4.78, 5) is 25.0. The van der Waals surface area contributed by atoms with Crippen LogP contribution in [0, 0.1) is 5.82 Å². The topological polar surface area (TPSA) is 84.2 Å². The molecule has 0 spiro atoms. The quantitative estimate of drug-likeness (QED) is 0.431. The van der Waals surface area contributed by atoms with E-state index in [0.29, 0.717) is 23.2 Å². The lowest BCUT2D eigenvalue weighted by Gasteiger charge is -2.25. The third kappa shape index (κ3) is 4.17. The first-order chi connectivity index (χ1) is 16.6. The zero-order valence-corrected chi connectivity index (χ0v) is 18.4. The summed E-state index contributed by atoms with van der Waals surface area (Å²) >= 11 is 0. The van der Waals surface area contributed by atoms with Crippen LogP contribution in [0.2, 0.25) is 0 Å². The van der Waals surface area contributed by atoms with Crippen molar-refractivity contribution in [1.82, 2.24) is 9.78 Å². The van der Waals surface area contributed by atoms with Crippen LogP contribution in [0.15, 0.2) is 48.8 Å². The number of nitrogens with zero attached hydrogens (tertiary/aromatic N) is 2. The fourth-order valence-corrected chi connectivity index (χ4v) is 4.45. The van der Waals surface area contributed by atoms with Crippen LogP contribution in [-0.2, 0) is 16.4 Å². The van der Waals surface area contributed by atoms with Crippen LogP contribution in [-0.4, -0.2) is 26.8 Å². The molecule has 3 aromatic rings. The summed E-state index contributed by atoms with van der Waals surface area (Å²) in [6.45, 7) is 0. The highest BCUT2D eigenvalue weighted by Crippen LogP contribution is 2.50. The lowest BCUT2D eigenvalue weighted by molar-refractivity contribution is -0.137. The molecule has 35 heavy (non-hydrogen) atoms. The van der Waals surface area contributed by atoms with Crippen molar-refractivity contribution in [1.29, 1.82) is 0 Å². The van der Waals surface area contributed by atoms with Crippen molar-refractivity contribution < 1.29 is 32.3 Å². The number of alkyl halides is 3. The molecule has 6 nitrogen and oxygen atoms in total. The zero-order chi connectivity index (χ0) is 25.0. The Kier molecular flexibility index (Phi) is 5.41. The summed E-state index contributed by atoms with van der Waals surface area (Å²) in [5.74, 6) is -2.89. The molecular formula is C25H21F4N3O3. The van der Waals surface area contributed by atoms with Crippen molar-refractivity contribution >= 4 is 17.6 Å². The molecular weight excluding hydrogens is 466 g/mol. The molecule has 5 rings (SSSR count). The van der Waals surface area contributed by atoms with Gasteiger partial charge in [-0.25, -0.2) is 9.18 Å². The molecule has 2 aromatic carbocycles. The summed E-state index contributed by atoms with van der Waals surface area (Å²) in [5, 5.41) is 16.7. The van der Waals surface area contributed by atoms with Gasteiger partial charge in [-0.1, -0.05) is 12.1 Å². The number of carboxylic acids is 1. The average Bonchev–Trinajstić information content (AvgIpc) is 3.43. The lowest BCUT2D eigenvalue weighted by atomic mass is 9.92. The first-order valence-corrected chi connectivity index (χ1v) is 11.2. The van der Waals surface area contributed by atoms with Crippen molar-refractivity contribution in [2.24, 2.45) is 0 Å². The fraction of sp³-hybridized carbons (Fsp3) is 0.320. The smallest absolute Gasteiger partial charge is 0.416 e. The maximum absolute atomic E-state index is 14.5. The third-order valence-electron chi connectivity index (χ3n) is 6.87. The monoisotopic (exact) mass is 487 g/mol. The standard InChI is InChI=1S/C25H21F4N3O3/c26-21-10-15(25(27,28)29)4-7-20(21)24(8-9-24)23(35)31-16-5-6-18(19(11-16)22(33)34)14-12-30-32(13-14)17-2-1-3-17/h4-7,10-13,17H,1-3,8-9H2,(H,31,35)(H,33,34). The Morgan fingerprint density at radius 2 is 1.86 bits per heavy atom. The SMILES string of the molecule is O=C(O)c1cc(NC(=O)C2(c3ccc(C(F)(F)F)cc3F)CC2)ccc1-c1cnn(C2CCC2)c1. The van der Waals surface area contributed by atoms with E-state index in [-0.39, 0.29) is 29.7 Å². The van der Waals surface area contributed by atoms with Crippen LogP contribution < -0.4 is 5.32 Å².